The lowest BCUT2D eigenvalue weighted by Gasteiger charge is -2.13. The van der Waals surface area contributed by atoms with Crippen molar-refractivity contribution in [3.63, 3.8) is 0 Å². The van der Waals surface area contributed by atoms with Gasteiger partial charge in [-0.25, -0.2) is 0 Å². The van der Waals surface area contributed by atoms with Crippen molar-refractivity contribution in [1.29, 1.82) is 0 Å². The molecule has 0 radical (unpaired) electrons. The van der Waals surface area contributed by atoms with Crippen LogP contribution in [0.3, 0.4) is 0 Å². The van der Waals surface area contributed by atoms with Crippen molar-refractivity contribution in [3.8, 4) is 5.75 Å². The minimum Gasteiger partial charge on any atom is -0.477 e. The average Bonchev–Trinajstić information content (AvgIpc) is 3.00. The van der Waals surface area contributed by atoms with Gasteiger partial charge in [-0.15, -0.1) is 11.3 Å². The lowest BCUT2D eigenvalue weighted by atomic mass is 10.2. The van der Waals surface area contributed by atoms with Crippen LogP contribution in [0.2, 0.25) is 0 Å². The van der Waals surface area contributed by atoms with Gasteiger partial charge in [0.2, 0.25) is 0 Å². The third-order valence-electron chi connectivity index (χ3n) is 3.02. The van der Waals surface area contributed by atoms with Crippen molar-refractivity contribution >= 4 is 22.9 Å². The molecule has 1 unspecified atom stereocenters. The minimum atomic E-state index is -0.519. The highest BCUT2D eigenvalue weighted by Gasteiger charge is 2.17. The molecule has 0 aliphatic heterocycles. The van der Waals surface area contributed by atoms with Gasteiger partial charge in [-0.1, -0.05) is 12.1 Å². The summed E-state index contributed by atoms with van der Waals surface area (Å²) in [5.41, 5.74) is 0.619. The van der Waals surface area contributed by atoms with Crippen molar-refractivity contribution in [3.05, 3.63) is 56.3 Å². The number of nitrogens with one attached hydrogen (secondary N) is 1. The Morgan fingerprint density at radius 2 is 2.23 bits per heavy atom. The summed E-state index contributed by atoms with van der Waals surface area (Å²) in [7, 11) is 0. The smallest absolute Gasteiger partial charge is 0.311 e. The Morgan fingerprint density at radius 3 is 2.86 bits per heavy atom. The Labute approximate surface area is 131 Å². The number of thiophene rings is 1. The molecular weight excluding hydrogens is 304 g/mol. The highest BCUT2D eigenvalue weighted by Crippen LogP contribution is 2.27. The highest BCUT2D eigenvalue weighted by atomic mass is 32.1. The third-order valence-corrected chi connectivity index (χ3v) is 4.07. The number of amides is 1. The molecule has 6 nitrogen and oxygen atoms in total. The second-order valence-electron chi connectivity index (χ2n) is 4.82. The van der Waals surface area contributed by atoms with E-state index in [-0.39, 0.29) is 30.0 Å². The predicted molar refractivity (Wildman–Crippen MR) is 84.2 cm³/mol. The Bertz CT molecular complexity index is 670. The van der Waals surface area contributed by atoms with Gasteiger partial charge in [0.1, 0.15) is 0 Å². The summed E-state index contributed by atoms with van der Waals surface area (Å²) in [6, 6.07) is 8.35. The number of aryl methyl sites for hydroxylation is 1. The van der Waals surface area contributed by atoms with Gasteiger partial charge in [0, 0.05) is 10.9 Å². The number of nitro benzene ring substituents is 1. The summed E-state index contributed by atoms with van der Waals surface area (Å²) in [5.74, 6) is -0.231. The standard InChI is InChI=1S/C15H16N2O4S/c1-10-5-6-13(12(8-10)17(19)20)21-9-15(18)16-11(2)14-4-3-7-22-14/h3-8,11H,9H2,1-2H3,(H,16,18). The maximum Gasteiger partial charge on any atom is 0.311 e. The normalized spacial score (nSPS) is 11.7. The van der Waals surface area contributed by atoms with Crippen molar-refractivity contribution in [1.82, 2.24) is 5.32 Å². The molecule has 1 aromatic heterocycles. The van der Waals surface area contributed by atoms with Gasteiger partial charge >= 0.3 is 5.69 Å². The van der Waals surface area contributed by atoms with Crippen LogP contribution in [0, 0.1) is 17.0 Å². The first kappa shape index (κ1) is 16.0. The van der Waals surface area contributed by atoms with E-state index in [0.29, 0.717) is 0 Å². The molecule has 2 aromatic rings. The van der Waals surface area contributed by atoms with Crippen LogP contribution in [0.25, 0.3) is 0 Å². The summed E-state index contributed by atoms with van der Waals surface area (Å²) < 4.78 is 5.28. The van der Waals surface area contributed by atoms with E-state index in [1.165, 1.54) is 12.1 Å². The second-order valence-corrected chi connectivity index (χ2v) is 5.80. The number of nitro groups is 1. The van der Waals surface area contributed by atoms with E-state index in [1.54, 1.807) is 24.3 Å². The van der Waals surface area contributed by atoms with E-state index in [0.717, 1.165) is 10.4 Å². The van der Waals surface area contributed by atoms with Crippen LogP contribution in [0.4, 0.5) is 5.69 Å². The predicted octanol–water partition coefficient (Wildman–Crippen LogP) is 3.22. The molecule has 0 aliphatic carbocycles. The molecule has 22 heavy (non-hydrogen) atoms. The van der Waals surface area contributed by atoms with Crippen molar-refractivity contribution in [2.24, 2.45) is 0 Å². The summed E-state index contributed by atoms with van der Waals surface area (Å²) in [6.45, 7) is 3.36. The largest absolute Gasteiger partial charge is 0.477 e. The molecule has 0 spiro atoms. The van der Waals surface area contributed by atoms with Crippen LogP contribution in [-0.4, -0.2) is 17.4 Å². The van der Waals surface area contributed by atoms with E-state index < -0.39 is 4.92 Å². The quantitative estimate of drug-likeness (QED) is 0.654. The van der Waals surface area contributed by atoms with E-state index in [4.69, 9.17) is 4.74 Å². The second kappa shape index (κ2) is 7.04. The topological polar surface area (TPSA) is 81.5 Å². The van der Waals surface area contributed by atoms with Crippen LogP contribution in [0.1, 0.15) is 23.4 Å². The minimum absolute atomic E-state index is 0.0922. The zero-order valence-corrected chi connectivity index (χ0v) is 13.1. The molecule has 116 valence electrons. The number of rotatable bonds is 6. The molecule has 0 saturated heterocycles. The molecule has 0 fully saturated rings. The Balaban J connectivity index is 1.95. The molecule has 1 heterocycles. The van der Waals surface area contributed by atoms with Crippen LogP contribution in [0.15, 0.2) is 35.7 Å². The molecule has 0 saturated carbocycles. The maximum absolute atomic E-state index is 11.9. The fraction of sp³-hybridized carbons (Fsp3) is 0.267. The molecule has 0 bridgehead atoms. The SMILES string of the molecule is Cc1ccc(OCC(=O)NC(C)c2cccs2)c([N+](=O)[O-])c1. The first-order valence-corrected chi connectivity index (χ1v) is 7.56. The zero-order chi connectivity index (χ0) is 16.1. The molecule has 1 aromatic carbocycles. The summed E-state index contributed by atoms with van der Waals surface area (Å²) >= 11 is 1.55. The number of carbonyl (C=O) groups excluding carboxylic acids is 1. The van der Waals surface area contributed by atoms with E-state index in [9.17, 15) is 14.9 Å². The van der Waals surface area contributed by atoms with Gasteiger partial charge < -0.3 is 10.1 Å². The van der Waals surface area contributed by atoms with Crippen molar-refractivity contribution in [2.45, 2.75) is 19.9 Å². The van der Waals surface area contributed by atoms with Gasteiger partial charge in [0.05, 0.1) is 11.0 Å². The lowest BCUT2D eigenvalue weighted by Crippen LogP contribution is -2.31. The molecule has 1 amide bonds. The summed E-state index contributed by atoms with van der Waals surface area (Å²) in [5, 5.41) is 15.7. The Morgan fingerprint density at radius 1 is 1.45 bits per heavy atom. The molecule has 2 rings (SSSR count). The number of hydrogen-bond acceptors (Lipinski definition) is 5. The third kappa shape index (κ3) is 4.05. The molecule has 7 heteroatoms. The van der Waals surface area contributed by atoms with Gasteiger partial charge in [0.25, 0.3) is 5.91 Å². The van der Waals surface area contributed by atoms with Crippen LogP contribution < -0.4 is 10.1 Å². The number of hydrogen-bond donors (Lipinski definition) is 1. The fourth-order valence-electron chi connectivity index (χ4n) is 1.93. The summed E-state index contributed by atoms with van der Waals surface area (Å²) in [4.78, 5) is 23.4. The van der Waals surface area contributed by atoms with E-state index >= 15 is 0 Å². The number of benzene rings is 1. The van der Waals surface area contributed by atoms with E-state index in [1.807, 2.05) is 24.4 Å². The first-order chi connectivity index (χ1) is 10.5. The molecule has 1 N–H and O–H groups in total. The van der Waals surface area contributed by atoms with Gasteiger partial charge in [0.15, 0.2) is 12.4 Å². The lowest BCUT2D eigenvalue weighted by molar-refractivity contribution is -0.385. The fourth-order valence-corrected chi connectivity index (χ4v) is 2.66. The van der Waals surface area contributed by atoms with Gasteiger partial charge in [-0.2, -0.15) is 0 Å². The molecular formula is C15H16N2O4S. The van der Waals surface area contributed by atoms with Gasteiger partial charge in [-0.05, 0) is 36.9 Å². The van der Waals surface area contributed by atoms with E-state index in [2.05, 4.69) is 5.32 Å². The van der Waals surface area contributed by atoms with Crippen LogP contribution in [0.5, 0.6) is 5.75 Å². The van der Waals surface area contributed by atoms with Crippen molar-refractivity contribution in [2.75, 3.05) is 6.61 Å². The zero-order valence-electron chi connectivity index (χ0n) is 12.2. The first-order valence-electron chi connectivity index (χ1n) is 6.68. The summed E-state index contributed by atoms with van der Waals surface area (Å²) in [6.07, 6.45) is 0. The molecule has 0 aliphatic rings. The van der Waals surface area contributed by atoms with Crippen molar-refractivity contribution < 1.29 is 14.5 Å². The van der Waals surface area contributed by atoms with Crippen LogP contribution in [-0.2, 0) is 4.79 Å². The number of carbonyl (C=O) groups is 1. The molecule has 1 atom stereocenters. The monoisotopic (exact) mass is 320 g/mol. The number of ether oxygens (including phenoxy) is 1. The number of nitrogens with zero attached hydrogens (tertiary/aromatic N) is 1. The maximum atomic E-state index is 11.9. The highest BCUT2D eigenvalue weighted by molar-refractivity contribution is 7.10. The Hall–Kier alpha value is -2.41. The Kier molecular flexibility index (Phi) is 5.11. The van der Waals surface area contributed by atoms with Gasteiger partial charge in [-0.3, -0.25) is 14.9 Å². The average molecular weight is 320 g/mol. The van der Waals surface area contributed by atoms with Crippen LogP contribution >= 0.6 is 11.3 Å².